The fourth-order valence-electron chi connectivity index (χ4n) is 0.404. The Balaban J connectivity index is 2.62. The van der Waals surface area contributed by atoms with Crippen molar-refractivity contribution < 1.29 is 4.79 Å². The quantitative estimate of drug-likeness (QED) is 0.482. The summed E-state index contributed by atoms with van der Waals surface area (Å²) in [5.41, 5.74) is 0. The molecule has 1 aromatic rings. The number of rotatable bonds is 2. The molecule has 0 aliphatic heterocycles. The smallest absolute Gasteiger partial charge is 0.143 e. The molecule has 1 aromatic heterocycles. The van der Waals surface area contributed by atoms with Gasteiger partial charge in [-0.1, -0.05) is 0 Å². The summed E-state index contributed by atoms with van der Waals surface area (Å²) in [6, 6.07) is 0. The third-order valence-electron chi connectivity index (χ3n) is 0.704. The first-order valence-electron chi connectivity index (χ1n) is 2.21. The maximum atomic E-state index is 9.77. The van der Waals surface area contributed by atoms with E-state index in [0.29, 0.717) is 0 Å². The Hall–Kier alpha value is -1.19. The molecule has 0 aromatic carbocycles. The van der Waals surface area contributed by atoms with Crippen LogP contribution in [0.15, 0.2) is 12.4 Å². The van der Waals surface area contributed by atoms with Crippen LogP contribution in [0.5, 0.6) is 0 Å². The van der Waals surface area contributed by atoms with E-state index >= 15 is 0 Å². The Morgan fingerprint density at radius 3 is 2.62 bits per heavy atom. The molecule has 0 amide bonds. The van der Waals surface area contributed by atoms with Crippen molar-refractivity contribution in [1.82, 2.24) is 15.0 Å². The van der Waals surface area contributed by atoms with Gasteiger partial charge in [0, 0.05) is 0 Å². The van der Waals surface area contributed by atoms with Crippen molar-refractivity contribution in [2.45, 2.75) is 6.54 Å². The molecule has 0 saturated carbocycles. The standard InChI is InChI=1S/C4H5N3O/c8-4-3-7-5-1-2-6-7/h1-2,4H,3H2. The van der Waals surface area contributed by atoms with E-state index in [4.69, 9.17) is 0 Å². The number of carbonyl (C=O) groups excluding carboxylic acids is 1. The second kappa shape index (κ2) is 2.20. The fourth-order valence-corrected chi connectivity index (χ4v) is 0.404. The molecule has 0 fully saturated rings. The normalized spacial score (nSPS) is 9.00. The van der Waals surface area contributed by atoms with Gasteiger partial charge in [-0.05, 0) is 0 Å². The van der Waals surface area contributed by atoms with Crippen LogP contribution in [-0.2, 0) is 11.3 Å². The van der Waals surface area contributed by atoms with E-state index in [9.17, 15) is 4.79 Å². The summed E-state index contributed by atoms with van der Waals surface area (Å²) in [5.74, 6) is 0. The molecule has 42 valence electrons. The molecule has 0 atom stereocenters. The van der Waals surface area contributed by atoms with E-state index in [2.05, 4.69) is 10.2 Å². The highest BCUT2D eigenvalue weighted by molar-refractivity contribution is 5.48. The zero-order valence-electron chi connectivity index (χ0n) is 4.19. The van der Waals surface area contributed by atoms with Crippen LogP contribution in [0.2, 0.25) is 0 Å². The molecular weight excluding hydrogens is 106 g/mol. The van der Waals surface area contributed by atoms with Gasteiger partial charge in [-0.15, -0.1) is 0 Å². The van der Waals surface area contributed by atoms with Crippen LogP contribution < -0.4 is 0 Å². The van der Waals surface area contributed by atoms with E-state index < -0.39 is 0 Å². The second-order valence-electron chi connectivity index (χ2n) is 1.25. The zero-order chi connectivity index (χ0) is 5.82. The molecule has 0 spiro atoms. The largest absolute Gasteiger partial charge is 0.301 e. The van der Waals surface area contributed by atoms with Gasteiger partial charge in [-0.2, -0.15) is 15.0 Å². The molecule has 8 heavy (non-hydrogen) atoms. The Morgan fingerprint density at radius 1 is 1.50 bits per heavy atom. The number of carbonyl (C=O) groups is 1. The van der Waals surface area contributed by atoms with Crippen LogP contribution in [-0.4, -0.2) is 21.3 Å². The molecule has 0 saturated heterocycles. The Labute approximate surface area is 46.1 Å². The molecular formula is C4H5N3O. The van der Waals surface area contributed by atoms with Gasteiger partial charge in [0.15, 0.2) is 0 Å². The van der Waals surface area contributed by atoms with Gasteiger partial charge in [0.05, 0.1) is 12.4 Å². The van der Waals surface area contributed by atoms with Crippen LogP contribution in [0.1, 0.15) is 0 Å². The predicted octanol–water partition coefficient (Wildman–Crippen LogP) is -0.523. The van der Waals surface area contributed by atoms with Gasteiger partial charge >= 0.3 is 0 Å². The van der Waals surface area contributed by atoms with Gasteiger partial charge in [-0.25, -0.2) is 0 Å². The Kier molecular flexibility index (Phi) is 1.37. The van der Waals surface area contributed by atoms with Crippen LogP contribution >= 0.6 is 0 Å². The summed E-state index contributed by atoms with van der Waals surface area (Å²) in [7, 11) is 0. The first-order chi connectivity index (χ1) is 3.93. The van der Waals surface area contributed by atoms with E-state index in [1.54, 1.807) is 0 Å². The van der Waals surface area contributed by atoms with Crippen molar-refractivity contribution in [3.8, 4) is 0 Å². The second-order valence-corrected chi connectivity index (χ2v) is 1.25. The minimum atomic E-state index is 0.243. The lowest BCUT2D eigenvalue weighted by molar-refractivity contribution is -0.108. The van der Waals surface area contributed by atoms with Crippen molar-refractivity contribution in [2.24, 2.45) is 0 Å². The topological polar surface area (TPSA) is 47.8 Å². The van der Waals surface area contributed by atoms with Crippen LogP contribution in [0.25, 0.3) is 0 Å². The van der Waals surface area contributed by atoms with E-state index in [1.807, 2.05) is 0 Å². The summed E-state index contributed by atoms with van der Waals surface area (Å²) in [6.45, 7) is 0.243. The van der Waals surface area contributed by atoms with E-state index in [0.717, 1.165) is 6.29 Å². The van der Waals surface area contributed by atoms with Crippen LogP contribution in [0, 0.1) is 0 Å². The molecule has 0 bridgehead atoms. The maximum absolute atomic E-state index is 9.77. The van der Waals surface area contributed by atoms with Gasteiger partial charge in [0.2, 0.25) is 0 Å². The van der Waals surface area contributed by atoms with E-state index in [1.165, 1.54) is 17.2 Å². The monoisotopic (exact) mass is 111 g/mol. The van der Waals surface area contributed by atoms with Crippen molar-refractivity contribution in [1.29, 1.82) is 0 Å². The maximum Gasteiger partial charge on any atom is 0.143 e. The number of aromatic nitrogens is 3. The van der Waals surface area contributed by atoms with Crippen molar-refractivity contribution in [2.75, 3.05) is 0 Å². The van der Waals surface area contributed by atoms with Gasteiger partial charge in [-0.3, -0.25) is 0 Å². The number of hydrogen-bond acceptors (Lipinski definition) is 3. The summed E-state index contributed by atoms with van der Waals surface area (Å²) >= 11 is 0. The third-order valence-corrected chi connectivity index (χ3v) is 0.704. The molecule has 0 aliphatic rings. The number of hydrogen-bond donors (Lipinski definition) is 0. The molecule has 4 nitrogen and oxygen atoms in total. The molecule has 1 rings (SSSR count). The van der Waals surface area contributed by atoms with Gasteiger partial charge in [0.1, 0.15) is 12.8 Å². The van der Waals surface area contributed by atoms with Crippen molar-refractivity contribution in [3.05, 3.63) is 12.4 Å². The molecule has 4 heteroatoms. The predicted molar refractivity (Wildman–Crippen MR) is 26.1 cm³/mol. The number of nitrogens with zero attached hydrogens (tertiary/aromatic N) is 3. The Bertz CT molecular complexity index is 158. The highest BCUT2D eigenvalue weighted by Crippen LogP contribution is 1.71. The molecule has 0 unspecified atom stereocenters. The molecule has 1 heterocycles. The zero-order valence-corrected chi connectivity index (χ0v) is 4.19. The molecule has 0 aliphatic carbocycles. The lowest BCUT2D eigenvalue weighted by Crippen LogP contribution is -2.01. The lowest BCUT2D eigenvalue weighted by Gasteiger charge is -1.84. The molecule has 0 radical (unpaired) electrons. The summed E-state index contributed by atoms with van der Waals surface area (Å²) in [6.07, 6.45) is 3.81. The first kappa shape index (κ1) is 4.96. The lowest BCUT2D eigenvalue weighted by atomic mass is 10.8. The highest BCUT2D eigenvalue weighted by atomic mass is 16.1. The fraction of sp³-hybridized carbons (Fsp3) is 0.250. The minimum absolute atomic E-state index is 0.243. The van der Waals surface area contributed by atoms with Gasteiger partial charge < -0.3 is 4.79 Å². The minimum Gasteiger partial charge on any atom is -0.301 e. The molecule has 0 N–H and O–H groups in total. The first-order valence-corrected chi connectivity index (χ1v) is 2.21. The Morgan fingerprint density at radius 2 is 2.12 bits per heavy atom. The SMILES string of the molecule is O=CCn1nccn1. The van der Waals surface area contributed by atoms with Crippen LogP contribution in [0.4, 0.5) is 0 Å². The van der Waals surface area contributed by atoms with E-state index in [-0.39, 0.29) is 6.54 Å². The average molecular weight is 111 g/mol. The number of aldehydes is 1. The van der Waals surface area contributed by atoms with Crippen molar-refractivity contribution >= 4 is 6.29 Å². The summed E-state index contributed by atoms with van der Waals surface area (Å²) in [5, 5.41) is 7.36. The summed E-state index contributed by atoms with van der Waals surface area (Å²) in [4.78, 5) is 11.1. The van der Waals surface area contributed by atoms with Crippen LogP contribution in [0.3, 0.4) is 0 Å². The van der Waals surface area contributed by atoms with Crippen molar-refractivity contribution in [3.63, 3.8) is 0 Å². The summed E-state index contributed by atoms with van der Waals surface area (Å²) < 4.78 is 0. The van der Waals surface area contributed by atoms with Gasteiger partial charge in [0.25, 0.3) is 0 Å². The third kappa shape index (κ3) is 0.900. The average Bonchev–Trinajstić information content (AvgIpc) is 2.19. The highest BCUT2D eigenvalue weighted by Gasteiger charge is 1.84.